The second-order valence-corrected chi connectivity index (χ2v) is 7.50. The molecule has 0 atom stereocenters. The maximum Gasteiger partial charge on any atom is 0.258 e. The number of halogens is 1. The Morgan fingerprint density at radius 3 is 2.80 bits per heavy atom. The number of nitrogens with zero attached hydrogens (tertiary/aromatic N) is 3. The largest absolute Gasteiger partial charge is 0.381 e. The highest BCUT2D eigenvalue weighted by atomic mass is 35.5. The molecule has 0 saturated carbocycles. The van der Waals surface area contributed by atoms with Crippen molar-refractivity contribution in [2.24, 2.45) is 5.92 Å². The standard InChI is InChI=1S/C22H22ClN5O2/c23-18-14-26-21(28-22(29)16-3-2-8-24-13-16)11-17(18)19-4-1-5-20(27-19)25-12-15-6-9-30-10-7-15/h1-5,8,11,13-15H,6-7,9-10,12H2,(H,25,27)(H,26,28,29). The maximum atomic E-state index is 12.4. The van der Waals surface area contributed by atoms with Gasteiger partial charge in [-0.15, -0.1) is 0 Å². The molecule has 4 heterocycles. The van der Waals surface area contributed by atoms with Crippen LogP contribution < -0.4 is 10.6 Å². The Bertz CT molecular complexity index is 1010. The van der Waals surface area contributed by atoms with Gasteiger partial charge in [0.1, 0.15) is 11.6 Å². The van der Waals surface area contributed by atoms with Gasteiger partial charge in [-0.1, -0.05) is 17.7 Å². The molecule has 8 heteroatoms. The van der Waals surface area contributed by atoms with Gasteiger partial charge in [-0.3, -0.25) is 9.78 Å². The molecule has 0 spiro atoms. The molecule has 3 aromatic rings. The van der Waals surface area contributed by atoms with Crippen molar-refractivity contribution < 1.29 is 9.53 Å². The molecule has 1 aliphatic rings. The number of carbonyl (C=O) groups excluding carboxylic acids is 1. The van der Waals surface area contributed by atoms with Crippen molar-refractivity contribution in [2.45, 2.75) is 12.8 Å². The van der Waals surface area contributed by atoms with Crippen molar-refractivity contribution in [3.05, 3.63) is 65.6 Å². The Morgan fingerprint density at radius 2 is 2.00 bits per heavy atom. The predicted octanol–water partition coefficient (Wildman–Crippen LogP) is 4.28. The molecule has 154 valence electrons. The van der Waals surface area contributed by atoms with Gasteiger partial charge < -0.3 is 15.4 Å². The van der Waals surface area contributed by atoms with Crippen molar-refractivity contribution >= 4 is 29.1 Å². The summed E-state index contributed by atoms with van der Waals surface area (Å²) in [5, 5.41) is 6.65. The third kappa shape index (κ3) is 5.11. The van der Waals surface area contributed by atoms with E-state index >= 15 is 0 Å². The molecule has 4 rings (SSSR count). The summed E-state index contributed by atoms with van der Waals surface area (Å²) in [6.45, 7) is 2.50. The second kappa shape index (κ2) is 9.65. The number of nitrogens with one attached hydrogen (secondary N) is 2. The van der Waals surface area contributed by atoms with Crippen molar-refractivity contribution in [1.29, 1.82) is 0 Å². The quantitative estimate of drug-likeness (QED) is 0.615. The lowest BCUT2D eigenvalue weighted by Crippen LogP contribution is -2.22. The molecule has 30 heavy (non-hydrogen) atoms. The molecule has 0 aliphatic carbocycles. The molecule has 0 bridgehead atoms. The molecule has 2 N–H and O–H groups in total. The third-order valence-electron chi connectivity index (χ3n) is 4.96. The summed E-state index contributed by atoms with van der Waals surface area (Å²) in [6, 6.07) is 10.9. The average molecular weight is 424 g/mol. The number of hydrogen-bond donors (Lipinski definition) is 2. The topological polar surface area (TPSA) is 89.0 Å². The molecule has 1 aliphatic heterocycles. The SMILES string of the molecule is O=C(Nc1cc(-c2cccc(NCC3CCOCC3)n2)c(Cl)cn1)c1cccnc1. The zero-order valence-corrected chi connectivity index (χ0v) is 17.1. The first-order valence-corrected chi connectivity index (χ1v) is 10.2. The number of amides is 1. The molecule has 0 unspecified atom stereocenters. The number of aromatic nitrogens is 3. The highest BCUT2D eigenvalue weighted by Crippen LogP contribution is 2.29. The molecule has 1 amide bonds. The van der Waals surface area contributed by atoms with Crippen LogP contribution in [0, 0.1) is 5.92 Å². The van der Waals surface area contributed by atoms with Gasteiger partial charge in [-0.25, -0.2) is 9.97 Å². The van der Waals surface area contributed by atoms with Crippen LogP contribution in [0.5, 0.6) is 0 Å². The van der Waals surface area contributed by atoms with Crippen molar-refractivity contribution in [2.75, 3.05) is 30.4 Å². The van der Waals surface area contributed by atoms with E-state index in [-0.39, 0.29) is 5.91 Å². The minimum absolute atomic E-state index is 0.288. The van der Waals surface area contributed by atoms with E-state index in [1.165, 1.54) is 12.4 Å². The highest BCUT2D eigenvalue weighted by molar-refractivity contribution is 6.33. The first-order valence-electron chi connectivity index (χ1n) is 9.85. The molecule has 0 radical (unpaired) electrons. The van der Waals surface area contributed by atoms with E-state index in [0.29, 0.717) is 33.6 Å². The third-order valence-corrected chi connectivity index (χ3v) is 5.26. The first-order chi connectivity index (χ1) is 14.7. The summed E-state index contributed by atoms with van der Waals surface area (Å²) in [6.07, 6.45) is 6.75. The van der Waals surface area contributed by atoms with Gasteiger partial charge in [0.05, 0.1) is 16.3 Å². The number of hydrogen-bond acceptors (Lipinski definition) is 6. The highest BCUT2D eigenvalue weighted by Gasteiger charge is 2.15. The van der Waals surface area contributed by atoms with Gasteiger partial charge in [0, 0.05) is 43.9 Å². The fourth-order valence-electron chi connectivity index (χ4n) is 3.27. The van der Waals surface area contributed by atoms with E-state index in [1.807, 2.05) is 18.2 Å². The van der Waals surface area contributed by atoms with Crippen LogP contribution in [0.4, 0.5) is 11.6 Å². The molecule has 1 saturated heterocycles. The van der Waals surface area contributed by atoms with Gasteiger partial charge in [-0.05, 0) is 49.1 Å². The van der Waals surface area contributed by atoms with Crippen LogP contribution in [0.1, 0.15) is 23.2 Å². The van der Waals surface area contributed by atoms with E-state index in [1.54, 1.807) is 24.4 Å². The van der Waals surface area contributed by atoms with Crippen LogP contribution in [0.15, 0.2) is 55.0 Å². The summed E-state index contributed by atoms with van der Waals surface area (Å²) < 4.78 is 5.41. The van der Waals surface area contributed by atoms with E-state index in [2.05, 4.69) is 25.6 Å². The number of ether oxygens (including phenoxy) is 1. The lowest BCUT2D eigenvalue weighted by atomic mass is 10.0. The fourth-order valence-corrected chi connectivity index (χ4v) is 3.47. The van der Waals surface area contributed by atoms with Crippen LogP contribution in [0.25, 0.3) is 11.3 Å². The molecule has 7 nitrogen and oxygen atoms in total. The maximum absolute atomic E-state index is 12.4. The fraction of sp³-hybridized carbons (Fsp3) is 0.273. The Morgan fingerprint density at radius 1 is 1.13 bits per heavy atom. The first kappa shape index (κ1) is 20.3. The van der Waals surface area contributed by atoms with Gasteiger partial charge in [-0.2, -0.15) is 0 Å². The average Bonchev–Trinajstić information content (AvgIpc) is 2.80. The van der Waals surface area contributed by atoms with Crippen LogP contribution in [-0.4, -0.2) is 40.6 Å². The summed E-state index contributed by atoms with van der Waals surface area (Å²) in [5.74, 6) is 1.48. The molecular formula is C22H22ClN5O2. The number of carbonyl (C=O) groups is 1. The zero-order chi connectivity index (χ0) is 20.8. The Balaban J connectivity index is 1.49. The molecule has 3 aromatic heterocycles. The van der Waals surface area contributed by atoms with Gasteiger partial charge >= 0.3 is 0 Å². The zero-order valence-electron chi connectivity index (χ0n) is 16.3. The number of pyridine rings is 3. The normalized spacial score (nSPS) is 14.3. The van der Waals surface area contributed by atoms with Gasteiger partial charge in [0.15, 0.2) is 0 Å². The van der Waals surface area contributed by atoms with E-state index in [0.717, 1.165) is 38.4 Å². The van der Waals surface area contributed by atoms with E-state index in [4.69, 9.17) is 16.3 Å². The van der Waals surface area contributed by atoms with Crippen LogP contribution in [-0.2, 0) is 4.74 Å². The van der Waals surface area contributed by atoms with Crippen LogP contribution in [0.2, 0.25) is 5.02 Å². The Hall–Kier alpha value is -3.03. The van der Waals surface area contributed by atoms with Crippen molar-refractivity contribution in [3.8, 4) is 11.3 Å². The Labute approximate surface area is 179 Å². The van der Waals surface area contributed by atoms with Crippen LogP contribution in [0.3, 0.4) is 0 Å². The van der Waals surface area contributed by atoms with Gasteiger partial charge in [0.25, 0.3) is 5.91 Å². The summed E-state index contributed by atoms with van der Waals surface area (Å²) in [4.78, 5) is 25.2. The predicted molar refractivity (Wildman–Crippen MR) is 117 cm³/mol. The number of rotatable bonds is 6. The van der Waals surface area contributed by atoms with Crippen LogP contribution >= 0.6 is 11.6 Å². The lowest BCUT2D eigenvalue weighted by Gasteiger charge is -2.22. The Kier molecular flexibility index (Phi) is 6.51. The number of anilines is 2. The smallest absolute Gasteiger partial charge is 0.258 e. The van der Waals surface area contributed by atoms with E-state index in [9.17, 15) is 4.79 Å². The lowest BCUT2D eigenvalue weighted by molar-refractivity contribution is 0.0699. The second-order valence-electron chi connectivity index (χ2n) is 7.09. The molecule has 1 fully saturated rings. The van der Waals surface area contributed by atoms with Gasteiger partial charge in [0.2, 0.25) is 0 Å². The summed E-state index contributed by atoms with van der Waals surface area (Å²) in [7, 11) is 0. The summed E-state index contributed by atoms with van der Waals surface area (Å²) >= 11 is 6.38. The monoisotopic (exact) mass is 423 g/mol. The minimum atomic E-state index is -0.288. The van der Waals surface area contributed by atoms with Crippen molar-refractivity contribution in [3.63, 3.8) is 0 Å². The molecular weight excluding hydrogens is 402 g/mol. The van der Waals surface area contributed by atoms with E-state index < -0.39 is 0 Å². The minimum Gasteiger partial charge on any atom is -0.381 e. The summed E-state index contributed by atoms with van der Waals surface area (Å²) in [5.41, 5.74) is 1.85. The molecule has 0 aromatic carbocycles. The van der Waals surface area contributed by atoms with Crippen molar-refractivity contribution in [1.82, 2.24) is 15.0 Å².